The molecule has 1 aliphatic heterocycles. The first-order valence-electron chi connectivity index (χ1n) is 8.50. The van der Waals surface area contributed by atoms with E-state index in [1.165, 1.54) is 15.6 Å². The molecule has 3 rings (SSSR count). The number of thiophene rings is 1. The van der Waals surface area contributed by atoms with E-state index in [4.69, 9.17) is 4.74 Å². The number of nitrogens with zero attached hydrogens (tertiary/aromatic N) is 1. The largest absolute Gasteiger partial charge is 0.497 e. The van der Waals surface area contributed by atoms with Gasteiger partial charge in [-0.05, 0) is 36.4 Å². The lowest BCUT2D eigenvalue weighted by atomic mass is 10.0. The number of amides is 1. The first-order chi connectivity index (χ1) is 12.5. The number of nitrogens with one attached hydrogen (secondary N) is 1. The molecule has 0 bridgehead atoms. The lowest BCUT2D eigenvalue weighted by molar-refractivity contribution is -0.117. The second-order valence-electron chi connectivity index (χ2n) is 6.18. The number of sulfonamides is 1. The maximum atomic E-state index is 12.9. The molecule has 0 aliphatic carbocycles. The molecule has 8 heteroatoms. The number of anilines is 1. The van der Waals surface area contributed by atoms with Crippen molar-refractivity contribution in [2.45, 2.75) is 35.9 Å². The highest BCUT2D eigenvalue weighted by molar-refractivity contribution is 7.91. The maximum absolute atomic E-state index is 12.9. The Hall–Kier alpha value is -1.90. The van der Waals surface area contributed by atoms with Crippen LogP contribution in [0.4, 0.5) is 5.69 Å². The third kappa shape index (κ3) is 4.25. The summed E-state index contributed by atoms with van der Waals surface area (Å²) in [5.74, 6) is 0.457. The van der Waals surface area contributed by atoms with Crippen LogP contribution in [0.5, 0.6) is 5.75 Å². The van der Waals surface area contributed by atoms with Gasteiger partial charge in [0.05, 0.1) is 7.11 Å². The topological polar surface area (TPSA) is 75.7 Å². The van der Waals surface area contributed by atoms with E-state index in [9.17, 15) is 13.2 Å². The van der Waals surface area contributed by atoms with Crippen LogP contribution in [-0.2, 0) is 14.8 Å². The number of rotatable bonds is 6. The number of ether oxygens (including phenoxy) is 1. The van der Waals surface area contributed by atoms with Gasteiger partial charge in [-0.3, -0.25) is 4.79 Å². The molecule has 1 N–H and O–H groups in total. The fourth-order valence-corrected chi connectivity index (χ4v) is 5.96. The number of carbonyl (C=O) groups excluding carboxylic acids is 1. The molecule has 0 saturated carbocycles. The predicted octanol–water partition coefficient (Wildman–Crippen LogP) is 3.33. The van der Waals surface area contributed by atoms with Gasteiger partial charge in [-0.25, -0.2) is 8.42 Å². The number of carbonyl (C=O) groups is 1. The molecular weight excluding hydrogens is 372 g/mol. The lowest BCUT2D eigenvalue weighted by Gasteiger charge is -2.34. The van der Waals surface area contributed by atoms with E-state index in [1.54, 1.807) is 48.9 Å². The molecular formula is C18H22N2O4S2. The van der Waals surface area contributed by atoms with Gasteiger partial charge in [0, 0.05) is 30.8 Å². The minimum atomic E-state index is -3.55. The summed E-state index contributed by atoms with van der Waals surface area (Å²) in [5, 5.41) is 4.58. The van der Waals surface area contributed by atoms with Crippen LogP contribution in [0.25, 0.3) is 0 Å². The predicted molar refractivity (Wildman–Crippen MR) is 102 cm³/mol. The Morgan fingerprint density at radius 3 is 2.88 bits per heavy atom. The molecule has 1 aromatic heterocycles. The van der Waals surface area contributed by atoms with E-state index in [0.717, 1.165) is 12.8 Å². The minimum Gasteiger partial charge on any atom is -0.497 e. The highest BCUT2D eigenvalue weighted by Gasteiger charge is 2.35. The Bertz CT molecular complexity index is 850. The van der Waals surface area contributed by atoms with Gasteiger partial charge < -0.3 is 10.1 Å². The SMILES string of the molecule is COc1cccc(NC(=O)C[C@@H]2CCCCN2S(=O)(=O)c2cccs2)c1. The van der Waals surface area contributed by atoms with Gasteiger partial charge in [-0.2, -0.15) is 4.31 Å². The zero-order chi connectivity index (χ0) is 18.6. The highest BCUT2D eigenvalue weighted by Crippen LogP contribution is 2.29. The minimum absolute atomic E-state index is 0.141. The second kappa shape index (κ2) is 8.20. The number of piperidine rings is 1. The number of hydrogen-bond donors (Lipinski definition) is 1. The summed E-state index contributed by atoms with van der Waals surface area (Å²) >= 11 is 1.21. The van der Waals surface area contributed by atoms with Crippen molar-refractivity contribution in [1.29, 1.82) is 0 Å². The normalized spacial score (nSPS) is 18.4. The van der Waals surface area contributed by atoms with Gasteiger partial charge in [0.1, 0.15) is 9.96 Å². The molecule has 140 valence electrons. The van der Waals surface area contributed by atoms with Crippen molar-refractivity contribution in [1.82, 2.24) is 4.31 Å². The first kappa shape index (κ1) is 18.9. The molecule has 1 aliphatic rings. The maximum Gasteiger partial charge on any atom is 0.252 e. The van der Waals surface area contributed by atoms with Gasteiger partial charge >= 0.3 is 0 Å². The summed E-state index contributed by atoms with van der Waals surface area (Å²) in [6.07, 6.45) is 2.57. The van der Waals surface area contributed by atoms with Crippen molar-refractivity contribution < 1.29 is 17.9 Å². The van der Waals surface area contributed by atoms with Crippen LogP contribution in [0, 0.1) is 0 Å². The van der Waals surface area contributed by atoms with Gasteiger partial charge in [0.15, 0.2) is 0 Å². The number of hydrogen-bond acceptors (Lipinski definition) is 5. The van der Waals surface area contributed by atoms with Crippen molar-refractivity contribution in [2.24, 2.45) is 0 Å². The molecule has 1 atom stereocenters. The molecule has 0 spiro atoms. The van der Waals surface area contributed by atoms with Crippen LogP contribution in [-0.4, -0.2) is 38.3 Å². The fraction of sp³-hybridized carbons (Fsp3) is 0.389. The van der Waals surface area contributed by atoms with Crippen LogP contribution in [0.15, 0.2) is 46.0 Å². The summed E-state index contributed by atoms with van der Waals surface area (Å²) in [6.45, 7) is 0.456. The Morgan fingerprint density at radius 1 is 1.31 bits per heavy atom. The van der Waals surface area contributed by atoms with Crippen molar-refractivity contribution in [3.8, 4) is 5.75 Å². The second-order valence-corrected chi connectivity index (χ2v) is 9.25. The Morgan fingerprint density at radius 2 is 2.15 bits per heavy atom. The quantitative estimate of drug-likeness (QED) is 0.815. The van der Waals surface area contributed by atoms with Crippen LogP contribution in [0.2, 0.25) is 0 Å². The molecule has 1 saturated heterocycles. The number of benzene rings is 1. The average Bonchev–Trinajstić information content (AvgIpc) is 3.17. The molecule has 2 aromatic rings. The van der Waals surface area contributed by atoms with Crippen LogP contribution in [0.3, 0.4) is 0 Å². The zero-order valence-corrected chi connectivity index (χ0v) is 16.2. The van der Waals surface area contributed by atoms with Gasteiger partial charge in [0.25, 0.3) is 10.0 Å². The van der Waals surface area contributed by atoms with E-state index in [-0.39, 0.29) is 18.4 Å². The third-order valence-electron chi connectivity index (χ3n) is 4.41. The summed E-state index contributed by atoms with van der Waals surface area (Å²) in [7, 11) is -1.98. The standard InChI is InChI=1S/C18H22N2O4S2/c1-24-16-8-4-6-14(12-16)19-17(21)13-15-7-2-3-10-20(15)26(22,23)18-9-5-11-25-18/h4-6,8-9,11-12,15H,2-3,7,10,13H2,1H3,(H,19,21)/t15-/m0/s1. The van der Waals surface area contributed by atoms with E-state index in [2.05, 4.69) is 5.32 Å². The van der Waals surface area contributed by atoms with Gasteiger partial charge in [0.2, 0.25) is 5.91 Å². The van der Waals surface area contributed by atoms with Crippen molar-refractivity contribution in [2.75, 3.05) is 19.0 Å². The average molecular weight is 395 g/mol. The zero-order valence-electron chi connectivity index (χ0n) is 14.6. The molecule has 1 aromatic carbocycles. The van der Waals surface area contributed by atoms with Gasteiger partial charge in [-0.1, -0.05) is 18.6 Å². The van der Waals surface area contributed by atoms with E-state index < -0.39 is 10.0 Å². The summed E-state index contributed by atoms with van der Waals surface area (Å²) < 4.78 is 32.7. The Balaban J connectivity index is 1.71. The van der Waals surface area contributed by atoms with Crippen LogP contribution in [0.1, 0.15) is 25.7 Å². The third-order valence-corrected chi connectivity index (χ3v) is 7.73. The molecule has 1 fully saturated rings. The smallest absolute Gasteiger partial charge is 0.252 e. The first-order valence-corrected chi connectivity index (χ1v) is 10.8. The van der Waals surface area contributed by atoms with Crippen molar-refractivity contribution in [3.05, 3.63) is 41.8 Å². The van der Waals surface area contributed by atoms with E-state index in [1.807, 2.05) is 0 Å². The molecule has 6 nitrogen and oxygen atoms in total. The number of methoxy groups -OCH3 is 1. The highest BCUT2D eigenvalue weighted by atomic mass is 32.2. The van der Waals surface area contributed by atoms with Gasteiger partial charge in [-0.15, -0.1) is 11.3 Å². The summed E-state index contributed by atoms with van der Waals surface area (Å²) in [5.41, 5.74) is 0.637. The molecule has 2 heterocycles. The summed E-state index contributed by atoms with van der Waals surface area (Å²) in [4.78, 5) is 12.5. The van der Waals surface area contributed by atoms with E-state index in [0.29, 0.717) is 28.6 Å². The Kier molecular flexibility index (Phi) is 5.95. The van der Waals surface area contributed by atoms with Crippen LogP contribution < -0.4 is 10.1 Å². The molecule has 0 radical (unpaired) electrons. The van der Waals surface area contributed by atoms with Crippen LogP contribution >= 0.6 is 11.3 Å². The molecule has 1 amide bonds. The lowest BCUT2D eigenvalue weighted by Crippen LogP contribution is -2.45. The fourth-order valence-electron chi connectivity index (χ4n) is 3.15. The summed E-state index contributed by atoms with van der Waals surface area (Å²) in [6, 6.07) is 10.1. The molecule has 26 heavy (non-hydrogen) atoms. The molecule has 0 unspecified atom stereocenters. The van der Waals surface area contributed by atoms with E-state index >= 15 is 0 Å². The van der Waals surface area contributed by atoms with Crippen molar-refractivity contribution >= 4 is 33.0 Å². The van der Waals surface area contributed by atoms with Crippen molar-refractivity contribution in [3.63, 3.8) is 0 Å². The monoisotopic (exact) mass is 394 g/mol. The Labute approximate surface area is 157 Å².